The predicted molar refractivity (Wildman–Crippen MR) is 109 cm³/mol. The SMILES string of the molecule is CN(C)c1nc(C(=O)N/N=C/c2ccccc2)c(Cl)n1-c1ccc(Cl)cc1. The lowest BCUT2D eigenvalue weighted by atomic mass is 10.2. The molecule has 1 amide bonds. The number of carbonyl (C=O) groups is 1. The molecule has 0 unspecified atom stereocenters. The zero-order chi connectivity index (χ0) is 19.4. The number of imidazole rings is 1. The summed E-state index contributed by atoms with van der Waals surface area (Å²) < 4.78 is 1.67. The second kappa shape index (κ2) is 8.24. The number of halogens is 2. The third kappa shape index (κ3) is 4.30. The smallest absolute Gasteiger partial charge is 0.293 e. The van der Waals surface area contributed by atoms with Crippen molar-refractivity contribution in [2.45, 2.75) is 0 Å². The van der Waals surface area contributed by atoms with Gasteiger partial charge in [-0.05, 0) is 29.8 Å². The quantitative estimate of drug-likeness (QED) is 0.518. The van der Waals surface area contributed by atoms with Crippen molar-refractivity contribution in [3.8, 4) is 5.69 Å². The fourth-order valence-electron chi connectivity index (χ4n) is 2.41. The normalized spacial score (nSPS) is 11.0. The van der Waals surface area contributed by atoms with Crippen molar-refractivity contribution in [3.63, 3.8) is 0 Å². The van der Waals surface area contributed by atoms with E-state index in [1.165, 1.54) is 0 Å². The molecule has 1 heterocycles. The monoisotopic (exact) mass is 401 g/mol. The van der Waals surface area contributed by atoms with Gasteiger partial charge in [-0.3, -0.25) is 9.36 Å². The van der Waals surface area contributed by atoms with Crippen LogP contribution in [0.5, 0.6) is 0 Å². The molecule has 0 saturated heterocycles. The summed E-state index contributed by atoms with van der Waals surface area (Å²) in [7, 11) is 3.64. The molecule has 27 heavy (non-hydrogen) atoms. The summed E-state index contributed by atoms with van der Waals surface area (Å²) in [6.45, 7) is 0. The molecule has 1 aromatic heterocycles. The minimum absolute atomic E-state index is 0.0838. The average Bonchev–Trinajstić information content (AvgIpc) is 3.01. The summed E-state index contributed by atoms with van der Waals surface area (Å²) in [4.78, 5) is 18.6. The van der Waals surface area contributed by atoms with Crippen molar-refractivity contribution in [2.24, 2.45) is 5.10 Å². The number of carbonyl (C=O) groups excluding carboxylic acids is 1. The summed E-state index contributed by atoms with van der Waals surface area (Å²) in [6, 6.07) is 16.5. The largest absolute Gasteiger partial charge is 0.348 e. The van der Waals surface area contributed by atoms with Crippen molar-refractivity contribution in [3.05, 3.63) is 76.0 Å². The van der Waals surface area contributed by atoms with Crippen LogP contribution in [-0.2, 0) is 0 Å². The van der Waals surface area contributed by atoms with Crippen molar-refractivity contribution < 1.29 is 4.79 Å². The Morgan fingerprint density at radius 3 is 2.41 bits per heavy atom. The van der Waals surface area contributed by atoms with Gasteiger partial charge in [0.25, 0.3) is 5.91 Å². The Balaban J connectivity index is 1.89. The zero-order valence-electron chi connectivity index (χ0n) is 14.7. The molecular formula is C19H17Cl2N5O. The molecule has 6 nitrogen and oxygen atoms in total. The first kappa shape index (κ1) is 18.9. The van der Waals surface area contributed by atoms with Crippen LogP contribution in [0.1, 0.15) is 16.1 Å². The van der Waals surface area contributed by atoms with Crippen molar-refractivity contribution >= 4 is 41.3 Å². The summed E-state index contributed by atoms with van der Waals surface area (Å²) in [5.41, 5.74) is 4.15. The van der Waals surface area contributed by atoms with E-state index in [9.17, 15) is 4.79 Å². The van der Waals surface area contributed by atoms with Gasteiger partial charge < -0.3 is 4.90 Å². The van der Waals surface area contributed by atoms with Crippen molar-refractivity contribution in [1.82, 2.24) is 15.0 Å². The van der Waals surface area contributed by atoms with Gasteiger partial charge in [0, 0.05) is 19.1 Å². The molecule has 0 aliphatic rings. The molecule has 0 aliphatic carbocycles. The third-order valence-electron chi connectivity index (χ3n) is 3.68. The van der Waals surface area contributed by atoms with E-state index in [4.69, 9.17) is 23.2 Å². The molecule has 0 aliphatic heterocycles. The molecule has 3 rings (SSSR count). The van der Waals surface area contributed by atoms with Gasteiger partial charge in [0.2, 0.25) is 5.95 Å². The Bertz CT molecular complexity index is 966. The highest BCUT2D eigenvalue weighted by molar-refractivity contribution is 6.33. The lowest BCUT2D eigenvalue weighted by molar-refractivity contribution is 0.0951. The molecule has 0 bridgehead atoms. The van der Waals surface area contributed by atoms with Crippen LogP contribution < -0.4 is 10.3 Å². The van der Waals surface area contributed by atoms with Crippen molar-refractivity contribution in [2.75, 3.05) is 19.0 Å². The molecule has 0 saturated carbocycles. The molecule has 138 valence electrons. The number of nitrogens with zero attached hydrogens (tertiary/aromatic N) is 4. The summed E-state index contributed by atoms with van der Waals surface area (Å²) in [5.74, 6) is 0.0162. The third-order valence-corrected chi connectivity index (χ3v) is 4.28. The van der Waals surface area contributed by atoms with Gasteiger partial charge in [0.05, 0.1) is 11.9 Å². The molecular weight excluding hydrogens is 385 g/mol. The topological polar surface area (TPSA) is 62.5 Å². The van der Waals surface area contributed by atoms with Crippen LogP contribution in [0.25, 0.3) is 5.69 Å². The standard InChI is InChI=1S/C19H17Cl2N5O/c1-25(2)19-23-16(17(21)26(19)15-10-8-14(20)9-11-15)18(27)24-22-12-13-6-4-3-5-7-13/h3-12H,1-2H3,(H,24,27)/b22-12+. The number of amides is 1. The molecule has 0 spiro atoms. The fraction of sp³-hybridized carbons (Fsp3) is 0.105. The van der Waals surface area contributed by atoms with Crippen LogP contribution >= 0.6 is 23.2 Å². The minimum atomic E-state index is -0.497. The first-order valence-corrected chi connectivity index (χ1v) is 8.83. The Kier molecular flexibility index (Phi) is 5.78. The number of aromatic nitrogens is 2. The van der Waals surface area contributed by atoms with Gasteiger partial charge in [-0.15, -0.1) is 0 Å². The van der Waals surface area contributed by atoms with Gasteiger partial charge >= 0.3 is 0 Å². The Morgan fingerprint density at radius 1 is 1.11 bits per heavy atom. The molecule has 3 aromatic rings. The Labute approximate surface area is 167 Å². The zero-order valence-corrected chi connectivity index (χ0v) is 16.2. The number of benzene rings is 2. The highest BCUT2D eigenvalue weighted by Crippen LogP contribution is 2.28. The average molecular weight is 402 g/mol. The van der Waals surface area contributed by atoms with Crippen LogP contribution in [0, 0.1) is 0 Å². The Hall–Kier alpha value is -2.83. The van der Waals surface area contributed by atoms with E-state index in [1.807, 2.05) is 44.4 Å². The van der Waals surface area contributed by atoms with E-state index in [0.29, 0.717) is 11.0 Å². The van der Waals surface area contributed by atoms with Crippen LogP contribution in [-0.4, -0.2) is 35.8 Å². The van der Waals surface area contributed by atoms with E-state index in [1.54, 1.807) is 39.9 Å². The van der Waals surface area contributed by atoms with E-state index < -0.39 is 5.91 Å². The minimum Gasteiger partial charge on any atom is -0.348 e. The molecule has 0 radical (unpaired) electrons. The molecule has 1 N–H and O–H groups in total. The fourth-order valence-corrected chi connectivity index (χ4v) is 2.84. The molecule has 8 heteroatoms. The molecule has 0 atom stereocenters. The summed E-state index contributed by atoms with van der Waals surface area (Å²) in [5, 5.41) is 4.76. The van der Waals surface area contributed by atoms with Crippen molar-refractivity contribution in [1.29, 1.82) is 0 Å². The van der Waals surface area contributed by atoms with Crippen LogP contribution in [0.3, 0.4) is 0 Å². The lowest BCUT2D eigenvalue weighted by Crippen LogP contribution is -2.19. The first-order valence-electron chi connectivity index (χ1n) is 8.07. The van der Waals surface area contributed by atoms with E-state index in [0.717, 1.165) is 11.3 Å². The van der Waals surface area contributed by atoms with Gasteiger partial charge in [0.1, 0.15) is 5.15 Å². The maximum Gasteiger partial charge on any atom is 0.293 e. The summed E-state index contributed by atoms with van der Waals surface area (Å²) in [6.07, 6.45) is 1.55. The highest BCUT2D eigenvalue weighted by atomic mass is 35.5. The second-order valence-electron chi connectivity index (χ2n) is 5.87. The van der Waals surface area contributed by atoms with E-state index in [-0.39, 0.29) is 10.8 Å². The van der Waals surface area contributed by atoms with Gasteiger partial charge in [0.15, 0.2) is 5.69 Å². The maximum absolute atomic E-state index is 12.5. The van der Waals surface area contributed by atoms with Crippen LogP contribution in [0.2, 0.25) is 10.2 Å². The molecule has 0 fully saturated rings. The summed E-state index contributed by atoms with van der Waals surface area (Å²) >= 11 is 12.4. The maximum atomic E-state index is 12.5. The number of nitrogens with one attached hydrogen (secondary N) is 1. The molecule has 2 aromatic carbocycles. The number of hydrogen-bond acceptors (Lipinski definition) is 4. The van der Waals surface area contributed by atoms with Gasteiger partial charge in [-0.2, -0.15) is 5.10 Å². The Morgan fingerprint density at radius 2 is 1.78 bits per heavy atom. The number of anilines is 1. The van der Waals surface area contributed by atoms with Crippen LogP contribution in [0.4, 0.5) is 5.95 Å². The van der Waals surface area contributed by atoms with Gasteiger partial charge in [-0.25, -0.2) is 10.4 Å². The second-order valence-corrected chi connectivity index (χ2v) is 6.66. The van der Waals surface area contributed by atoms with E-state index >= 15 is 0 Å². The number of rotatable bonds is 5. The first-order chi connectivity index (χ1) is 13.0. The van der Waals surface area contributed by atoms with Crippen LogP contribution in [0.15, 0.2) is 59.7 Å². The highest BCUT2D eigenvalue weighted by Gasteiger charge is 2.23. The van der Waals surface area contributed by atoms with Gasteiger partial charge in [-0.1, -0.05) is 53.5 Å². The number of hydrazone groups is 1. The predicted octanol–water partition coefficient (Wildman–Crippen LogP) is 4.01. The lowest BCUT2D eigenvalue weighted by Gasteiger charge is -2.14. The number of hydrogen-bond donors (Lipinski definition) is 1. The van der Waals surface area contributed by atoms with E-state index in [2.05, 4.69) is 15.5 Å².